The molecule has 1 atom stereocenters. The highest BCUT2D eigenvalue weighted by atomic mass is 16.5. The summed E-state index contributed by atoms with van der Waals surface area (Å²) < 4.78 is 4.42. The van der Waals surface area contributed by atoms with Crippen LogP contribution < -0.4 is 5.32 Å². The number of aliphatic hydroxyl groups excluding tert-OH is 1. The number of hydrogen-bond acceptors (Lipinski definition) is 4. The zero-order valence-corrected chi connectivity index (χ0v) is 6.07. The van der Waals surface area contributed by atoms with Crippen molar-refractivity contribution < 1.29 is 14.6 Å². The first-order chi connectivity index (χ1) is 5.24. The molecule has 1 unspecified atom stereocenters. The van der Waals surface area contributed by atoms with E-state index < -0.39 is 12.2 Å². The van der Waals surface area contributed by atoms with Gasteiger partial charge in [-0.15, -0.1) is 0 Å². The van der Waals surface area contributed by atoms with E-state index in [-0.39, 0.29) is 5.70 Å². The van der Waals surface area contributed by atoms with Crippen molar-refractivity contribution >= 4 is 5.97 Å². The second-order valence-electron chi connectivity index (χ2n) is 2.05. The van der Waals surface area contributed by atoms with Crippen LogP contribution in [0.5, 0.6) is 0 Å². The number of dihydropyridines is 1. The molecule has 1 aliphatic rings. The van der Waals surface area contributed by atoms with E-state index in [4.69, 9.17) is 5.11 Å². The summed E-state index contributed by atoms with van der Waals surface area (Å²) >= 11 is 0. The van der Waals surface area contributed by atoms with Crippen molar-refractivity contribution in [3.05, 3.63) is 23.9 Å². The molecule has 2 N–H and O–H groups in total. The fourth-order valence-electron chi connectivity index (χ4n) is 0.749. The number of hydrogen-bond donors (Lipinski definition) is 2. The molecule has 0 saturated carbocycles. The Hall–Kier alpha value is -1.29. The molecule has 0 aromatic heterocycles. The lowest BCUT2D eigenvalue weighted by Crippen LogP contribution is -2.32. The molecule has 4 nitrogen and oxygen atoms in total. The van der Waals surface area contributed by atoms with Gasteiger partial charge in [-0.3, -0.25) is 0 Å². The largest absolute Gasteiger partial charge is 0.464 e. The van der Waals surface area contributed by atoms with Crippen molar-refractivity contribution in [1.29, 1.82) is 0 Å². The van der Waals surface area contributed by atoms with Crippen molar-refractivity contribution in [3.63, 3.8) is 0 Å². The molecule has 0 amide bonds. The Balaban J connectivity index is 2.66. The number of nitrogens with one attached hydrogen (secondary N) is 1. The normalized spacial score (nSPS) is 22.0. The van der Waals surface area contributed by atoms with E-state index in [0.717, 1.165) is 0 Å². The smallest absolute Gasteiger partial charge is 0.354 e. The van der Waals surface area contributed by atoms with Crippen LogP contribution in [0.25, 0.3) is 0 Å². The number of carbonyl (C=O) groups excluding carboxylic acids is 1. The molecule has 0 radical (unpaired) electrons. The lowest BCUT2D eigenvalue weighted by atomic mass is 10.3. The lowest BCUT2D eigenvalue weighted by molar-refractivity contribution is -0.136. The van der Waals surface area contributed by atoms with E-state index in [1.54, 1.807) is 12.2 Å². The van der Waals surface area contributed by atoms with E-state index in [0.29, 0.717) is 0 Å². The first kappa shape index (κ1) is 7.81. The van der Waals surface area contributed by atoms with Crippen LogP contribution in [-0.2, 0) is 9.53 Å². The van der Waals surface area contributed by atoms with Crippen LogP contribution in [0.1, 0.15) is 0 Å². The molecule has 0 saturated heterocycles. The topological polar surface area (TPSA) is 58.6 Å². The highest BCUT2D eigenvalue weighted by molar-refractivity contribution is 5.88. The Morgan fingerprint density at radius 2 is 2.55 bits per heavy atom. The lowest BCUT2D eigenvalue weighted by Gasteiger charge is -2.14. The minimum Gasteiger partial charge on any atom is -0.464 e. The Bertz CT molecular complexity index is 220. The Morgan fingerprint density at radius 3 is 3.09 bits per heavy atom. The van der Waals surface area contributed by atoms with E-state index >= 15 is 0 Å². The first-order valence-electron chi connectivity index (χ1n) is 3.15. The molecular weight excluding hydrogens is 146 g/mol. The van der Waals surface area contributed by atoms with Gasteiger partial charge < -0.3 is 15.2 Å². The fourth-order valence-corrected chi connectivity index (χ4v) is 0.749. The standard InChI is InChI=1S/C7H9NO3/c1-11-7(10)5-3-2-4-6(9)8-5/h2-4,6,8-9H,1H3. The zero-order chi connectivity index (χ0) is 8.27. The third-order valence-electron chi connectivity index (χ3n) is 1.26. The number of allylic oxidation sites excluding steroid dienone is 2. The number of methoxy groups -OCH3 is 1. The average Bonchev–Trinajstić information content (AvgIpc) is 2.03. The van der Waals surface area contributed by atoms with E-state index in [2.05, 4.69) is 10.1 Å². The third kappa shape index (κ3) is 1.81. The third-order valence-corrected chi connectivity index (χ3v) is 1.26. The molecule has 0 aromatic carbocycles. The van der Waals surface area contributed by atoms with Gasteiger partial charge in [-0.05, 0) is 12.2 Å². The number of esters is 1. The SMILES string of the molecule is COC(=O)C1=CC=CC(O)N1. The molecule has 0 aliphatic carbocycles. The second-order valence-corrected chi connectivity index (χ2v) is 2.05. The number of rotatable bonds is 1. The van der Waals surface area contributed by atoms with Gasteiger partial charge >= 0.3 is 5.97 Å². The van der Waals surface area contributed by atoms with Crippen molar-refractivity contribution in [2.24, 2.45) is 0 Å². The van der Waals surface area contributed by atoms with Crippen LogP contribution in [0.3, 0.4) is 0 Å². The van der Waals surface area contributed by atoms with Crippen molar-refractivity contribution in [1.82, 2.24) is 5.32 Å². The molecule has 0 fully saturated rings. The molecule has 11 heavy (non-hydrogen) atoms. The van der Waals surface area contributed by atoms with Crippen LogP contribution in [0.4, 0.5) is 0 Å². The van der Waals surface area contributed by atoms with Gasteiger partial charge in [0.05, 0.1) is 7.11 Å². The predicted octanol–water partition coefficient (Wildman–Crippen LogP) is -0.479. The highest BCUT2D eigenvalue weighted by Crippen LogP contribution is 2.01. The van der Waals surface area contributed by atoms with E-state index in [1.807, 2.05) is 0 Å². The van der Waals surface area contributed by atoms with Crippen molar-refractivity contribution in [2.45, 2.75) is 6.23 Å². The molecule has 1 rings (SSSR count). The molecule has 60 valence electrons. The molecule has 0 spiro atoms. The van der Waals surface area contributed by atoms with Crippen LogP contribution in [0.2, 0.25) is 0 Å². The molecule has 1 aliphatic heterocycles. The summed E-state index contributed by atoms with van der Waals surface area (Å²) in [5, 5.41) is 11.5. The van der Waals surface area contributed by atoms with E-state index in [9.17, 15) is 4.79 Å². The summed E-state index contributed by atoms with van der Waals surface area (Å²) in [6.45, 7) is 0. The van der Waals surface area contributed by atoms with Crippen LogP contribution in [0, 0.1) is 0 Å². The quantitative estimate of drug-likeness (QED) is 0.502. The molecule has 1 heterocycles. The Labute approximate surface area is 64.2 Å². The van der Waals surface area contributed by atoms with Gasteiger partial charge in [0.2, 0.25) is 0 Å². The van der Waals surface area contributed by atoms with Gasteiger partial charge in [0, 0.05) is 0 Å². The number of ether oxygens (including phenoxy) is 1. The zero-order valence-electron chi connectivity index (χ0n) is 6.07. The van der Waals surface area contributed by atoms with Gasteiger partial charge in [0.1, 0.15) is 11.9 Å². The first-order valence-corrected chi connectivity index (χ1v) is 3.15. The van der Waals surface area contributed by atoms with Gasteiger partial charge in [0.15, 0.2) is 0 Å². The van der Waals surface area contributed by atoms with Crippen LogP contribution in [-0.4, -0.2) is 24.4 Å². The minimum atomic E-state index is -0.797. The van der Waals surface area contributed by atoms with Gasteiger partial charge in [0.25, 0.3) is 0 Å². The number of aliphatic hydroxyl groups is 1. The van der Waals surface area contributed by atoms with Gasteiger partial charge in [-0.25, -0.2) is 4.79 Å². The van der Waals surface area contributed by atoms with Crippen molar-refractivity contribution in [3.8, 4) is 0 Å². The van der Waals surface area contributed by atoms with Gasteiger partial charge in [-0.2, -0.15) is 0 Å². The van der Waals surface area contributed by atoms with Gasteiger partial charge in [-0.1, -0.05) is 6.08 Å². The Kier molecular flexibility index (Phi) is 2.28. The molecule has 0 aromatic rings. The summed E-state index contributed by atoms with van der Waals surface area (Å²) in [6.07, 6.45) is 3.85. The fraction of sp³-hybridized carbons (Fsp3) is 0.286. The van der Waals surface area contributed by atoms with E-state index in [1.165, 1.54) is 13.2 Å². The molecular formula is C7H9NO3. The molecule has 0 bridgehead atoms. The van der Waals surface area contributed by atoms with Crippen molar-refractivity contribution in [2.75, 3.05) is 7.11 Å². The van der Waals surface area contributed by atoms with Crippen LogP contribution >= 0.6 is 0 Å². The molecule has 4 heteroatoms. The summed E-state index contributed by atoms with van der Waals surface area (Å²) in [4.78, 5) is 10.8. The Morgan fingerprint density at radius 1 is 1.82 bits per heavy atom. The maximum atomic E-state index is 10.8. The minimum absolute atomic E-state index is 0.266. The predicted molar refractivity (Wildman–Crippen MR) is 38.4 cm³/mol. The summed E-state index contributed by atoms with van der Waals surface area (Å²) in [7, 11) is 1.29. The summed E-state index contributed by atoms with van der Waals surface area (Å²) in [6, 6.07) is 0. The van der Waals surface area contributed by atoms with Crippen LogP contribution in [0.15, 0.2) is 23.9 Å². The second kappa shape index (κ2) is 3.21. The monoisotopic (exact) mass is 155 g/mol. The maximum Gasteiger partial charge on any atom is 0.354 e. The maximum absolute atomic E-state index is 10.8. The average molecular weight is 155 g/mol. The summed E-state index contributed by atoms with van der Waals surface area (Å²) in [5.41, 5.74) is 0.266. The summed E-state index contributed by atoms with van der Waals surface area (Å²) in [5.74, 6) is -0.478. The highest BCUT2D eigenvalue weighted by Gasteiger charge is 2.13. The number of carbonyl (C=O) groups is 1.